The first kappa shape index (κ1) is 21.4. The average Bonchev–Trinajstić information content (AvgIpc) is 3.03. The third-order valence-corrected chi connectivity index (χ3v) is 5.35. The lowest BCUT2D eigenvalue weighted by atomic mass is 9.97. The number of nitrogens with zero attached hydrogens (tertiary/aromatic N) is 1. The Labute approximate surface area is 188 Å². The third kappa shape index (κ3) is 4.02. The zero-order valence-electron chi connectivity index (χ0n) is 18.5. The van der Waals surface area contributed by atoms with Crippen LogP contribution in [0.1, 0.15) is 30.0 Å². The van der Waals surface area contributed by atoms with Gasteiger partial charge in [0.25, 0.3) is 11.8 Å². The fraction of sp³-hybridized carbons (Fsp3) is 0.185. The molecule has 4 rings (SSSR count). The molecule has 0 aliphatic carbocycles. The van der Waals surface area contributed by atoms with Crippen LogP contribution in [0.3, 0.4) is 0 Å². The molecular weight excluding hydrogens is 400 g/mol. The van der Waals surface area contributed by atoms with Crippen molar-refractivity contribution < 1.29 is 14.3 Å². The van der Waals surface area contributed by atoms with E-state index in [9.17, 15) is 9.59 Å². The fourth-order valence-corrected chi connectivity index (χ4v) is 3.85. The molecule has 3 aromatic carbocycles. The molecule has 1 heterocycles. The van der Waals surface area contributed by atoms with Gasteiger partial charge in [-0.1, -0.05) is 61.0 Å². The van der Waals surface area contributed by atoms with E-state index in [2.05, 4.69) is 5.32 Å². The molecule has 3 aromatic rings. The highest BCUT2D eigenvalue weighted by molar-refractivity contribution is 6.46. The lowest BCUT2D eigenvalue weighted by molar-refractivity contribution is -0.120. The summed E-state index contributed by atoms with van der Waals surface area (Å²) in [7, 11) is 0. The van der Waals surface area contributed by atoms with E-state index in [4.69, 9.17) is 4.74 Å². The molecule has 0 bridgehead atoms. The number of anilines is 2. The molecule has 0 saturated carbocycles. The Hall–Kier alpha value is -3.86. The van der Waals surface area contributed by atoms with Gasteiger partial charge in [-0.25, -0.2) is 4.90 Å². The van der Waals surface area contributed by atoms with Gasteiger partial charge in [-0.3, -0.25) is 9.59 Å². The minimum absolute atomic E-state index is 0.262. The molecule has 0 fully saturated rings. The molecule has 162 valence electrons. The third-order valence-electron chi connectivity index (χ3n) is 5.35. The summed E-state index contributed by atoms with van der Waals surface area (Å²) in [5.41, 5.74) is 4.58. The van der Waals surface area contributed by atoms with E-state index in [1.54, 1.807) is 18.2 Å². The molecule has 1 aliphatic rings. The number of imide groups is 1. The van der Waals surface area contributed by atoms with Gasteiger partial charge in [-0.15, -0.1) is 0 Å². The van der Waals surface area contributed by atoms with Crippen molar-refractivity contribution in [3.05, 3.63) is 95.2 Å². The van der Waals surface area contributed by atoms with Crippen LogP contribution in [0.2, 0.25) is 0 Å². The number of ether oxygens (including phenoxy) is 1. The summed E-state index contributed by atoms with van der Waals surface area (Å²) in [5.74, 6) is -0.258. The van der Waals surface area contributed by atoms with Gasteiger partial charge in [0.15, 0.2) is 0 Å². The Morgan fingerprint density at radius 3 is 2.31 bits per heavy atom. The molecular formula is C27H26N2O3. The molecule has 0 spiro atoms. The van der Waals surface area contributed by atoms with E-state index in [0.717, 1.165) is 28.8 Å². The molecule has 2 amide bonds. The Bertz CT molecular complexity index is 1200. The number of para-hydroxylation sites is 3. The number of aryl methyl sites for hydroxylation is 2. The van der Waals surface area contributed by atoms with Crippen molar-refractivity contribution in [2.24, 2.45) is 0 Å². The monoisotopic (exact) mass is 426 g/mol. The van der Waals surface area contributed by atoms with Gasteiger partial charge in [0.05, 0.1) is 17.9 Å². The molecule has 5 nitrogen and oxygen atoms in total. The number of amides is 2. The minimum atomic E-state index is -0.402. The van der Waals surface area contributed by atoms with Crippen molar-refractivity contribution >= 4 is 28.8 Å². The maximum absolute atomic E-state index is 13.7. The van der Waals surface area contributed by atoms with Gasteiger partial charge in [-0.2, -0.15) is 0 Å². The zero-order valence-corrected chi connectivity index (χ0v) is 18.5. The van der Waals surface area contributed by atoms with Crippen molar-refractivity contribution in [1.82, 2.24) is 0 Å². The van der Waals surface area contributed by atoms with E-state index in [1.165, 1.54) is 4.90 Å². The average molecular weight is 427 g/mol. The van der Waals surface area contributed by atoms with Gasteiger partial charge in [0, 0.05) is 5.69 Å². The number of carbonyl (C=O) groups excluding carboxylic acids is 2. The predicted octanol–water partition coefficient (Wildman–Crippen LogP) is 5.49. The summed E-state index contributed by atoms with van der Waals surface area (Å²) < 4.78 is 5.84. The Morgan fingerprint density at radius 2 is 1.59 bits per heavy atom. The van der Waals surface area contributed by atoms with Crippen molar-refractivity contribution in [1.29, 1.82) is 0 Å². The minimum Gasteiger partial charge on any atom is -0.491 e. The number of hydrogen-bond acceptors (Lipinski definition) is 4. The number of rotatable bonds is 7. The first-order valence-electron chi connectivity index (χ1n) is 10.8. The summed E-state index contributed by atoms with van der Waals surface area (Å²) in [6.07, 6.45) is 0.823. The summed E-state index contributed by atoms with van der Waals surface area (Å²) in [4.78, 5) is 28.6. The molecule has 0 aromatic heterocycles. The van der Waals surface area contributed by atoms with E-state index < -0.39 is 5.91 Å². The summed E-state index contributed by atoms with van der Waals surface area (Å²) in [5, 5.41) is 3.20. The van der Waals surface area contributed by atoms with Crippen LogP contribution in [0, 0.1) is 13.8 Å². The van der Waals surface area contributed by atoms with Crippen molar-refractivity contribution in [3.8, 4) is 5.75 Å². The predicted molar refractivity (Wildman–Crippen MR) is 128 cm³/mol. The van der Waals surface area contributed by atoms with Crippen molar-refractivity contribution in [2.45, 2.75) is 27.2 Å². The molecule has 32 heavy (non-hydrogen) atoms. The van der Waals surface area contributed by atoms with Crippen molar-refractivity contribution in [2.75, 3.05) is 16.8 Å². The van der Waals surface area contributed by atoms with Gasteiger partial charge in [-0.05, 0) is 55.7 Å². The molecule has 0 atom stereocenters. The highest BCUT2D eigenvalue weighted by atomic mass is 16.5. The van der Waals surface area contributed by atoms with Gasteiger partial charge < -0.3 is 10.1 Å². The SMILES string of the molecule is CCCOc1ccccc1N1C(=O)C(Nc2ccccc2)=C(c2ccc(C)cc2C)C1=O. The van der Waals surface area contributed by atoms with Crippen LogP contribution in [-0.4, -0.2) is 18.4 Å². The van der Waals surface area contributed by atoms with E-state index in [1.807, 2.05) is 75.4 Å². The van der Waals surface area contributed by atoms with Crippen LogP contribution in [0.5, 0.6) is 5.75 Å². The second-order valence-corrected chi connectivity index (χ2v) is 7.82. The van der Waals surface area contributed by atoms with Crippen LogP contribution in [0.4, 0.5) is 11.4 Å². The first-order chi connectivity index (χ1) is 15.5. The zero-order chi connectivity index (χ0) is 22.7. The maximum Gasteiger partial charge on any atom is 0.282 e. The Balaban J connectivity index is 1.84. The second-order valence-electron chi connectivity index (χ2n) is 7.82. The lowest BCUT2D eigenvalue weighted by Crippen LogP contribution is -2.32. The van der Waals surface area contributed by atoms with Crippen LogP contribution in [0.25, 0.3) is 5.57 Å². The summed E-state index contributed by atoms with van der Waals surface area (Å²) >= 11 is 0. The highest BCUT2D eigenvalue weighted by Gasteiger charge is 2.41. The normalized spacial score (nSPS) is 13.7. The molecule has 0 unspecified atom stereocenters. The largest absolute Gasteiger partial charge is 0.491 e. The number of hydrogen-bond donors (Lipinski definition) is 1. The van der Waals surface area contributed by atoms with Crippen LogP contribution >= 0.6 is 0 Å². The fourth-order valence-electron chi connectivity index (χ4n) is 3.85. The number of benzene rings is 3. The quantitative estimate of drug-likeness (QED) is 0.508. The molecule has 1 aliphatic heterocycles. The van der Waals surface area contributed by atoms with Gasteiger partial charge in [0.1, 0.15) is 11.4 Å². The second kappa shape index (κ2) is 9.10. The Morgan fingerprint density at radius 1 is 0.875 bits per heavy atom. The van der Waals surface area contributed by atoms with Crippen molar-refractivity contribution in [3.63, 3.8) is 0 Å². The molecule has 0 saturated heterocycles. The van der Waals surface area contributed by atoms with Crippen LogP contribution in [-0.2, 0) is 9.59 Å². The standard InChI is InChI=1S/C27H26N2O3/c1-4-16-32-23-13-9-8-12-22(23)29-26(30)24(21-15-14-18(2)17-19(21)3)25(27(29)31)28-20-10-6-5-7-11-20/h5-15,17,28H,4,16H2,1-3H3. The number of carbonyl (C=O) groups is 2. The number of nitrogens with one attached hydrogen (secondary N) is 1. The topological polar surface area (TPSA) is 58.6 Å². The first-order valence-corrected chi connectivity index (χ1v) is 10.8. The smallest absolute Gasteiger partial charge is 0.282 e. The van der Waals surface area contributed by atoms with Crippen LogP contribution in [0.15, 0.2) is 78.5 Å². The maximum atomic E-state index is 13.7. The van der Waals surface area contributed by atoms with Gasteiger partial charge >= 0.3 is 0 Å². The van der Waals surface area contributed by atoms with Crippen LogP contribution < -0.4 is 15.0 Å². The molecule has 5 heteroatoms. The van der Waals surface area contributed by atoms with E-state index >= 15 is 0 Å². The summed E-state index contributed by atoms with van der Waals surface area (Å²) in [6.45, 7) is 6.47. The van der Waals surface area contributed by atoms with E-state index in [0.29, 0.717) is 23.6 Å². The summed E-state index contributed by atoms with van der Waals surface area (Å²) in [6, 6.07) is 22.4. The lowest BCUT2D eigenvalue weighted by Gasteiger charge is -2.19. The highest BCUT2D eigenvalue weighted by Crippen LogP contribution is 2.38. The molecule has 1 N–H and O–H groups in total. The van der Waals surface area contributed by atoms with E-state index in [-0.39, 0.29) is 11.6 Å². The van der Waals surface area contributed by atoms with Gasteiger partial charge in [0.2, 0.25) is 0 Å². The Kier molecular flexibility index (Phi) is 6.08. The molecule has 0 radical (unpaired) electrons.